The van der Waals surface area contributed by atoms with Crippen LogP contribution >= 0.6 is 46.4 Å². The van der Waals surface area contributed by atoms with Crippen molar-refractivity contribution in [3.63, 3.8) is 0 Å². The third-order valence-electron chi connectivity index (χ3n) is 4.87. The van der Waals surface area contributed by atoms with Crippen molar-refractivity contribution in [2.24, 2.45) is 0 Å². The lowest BCUT2D eigenvalue weighted by Crippen LogP contribution is -2.38. The molecule has 29 heavy (non-hydrogen) atoms. The second kappa shape index (κ2) is 8.89. The van der Waals surface area contributed by atoms with Crippen LogP contribution in [0.1, 0.15) is 17.5 Å². The molecule has 1 fully saturated rings. The van der Waals surface area contributed by atoms with Gasteiger partial charge in [0.2, 0.25) is 10.0 Å². The Morgan fingerprint density at radius 1 is 1.14 bits per heavy atom. The first-order valence-corrected chi connectivity index (χ1v) is 12.0. The summed E-state index contributed by atoms with van der Waals surface area (Å²) in [6, 6.07) is 10.3. The lowest BCUT2D eigenvalue weighted by molar-refractivity contribution is 0.473. The number of anilines is 1. The van der Waals surface area contributed by atoms with E-state index >= 15 is 0 Å². The van der Waals surface area contributed by atoms with Gasteiger partial charge >= 0.3 is 0 Å². The van der Waals surface area contributed by atoms with Gasteiger partial charge in [-0.2, -0.15) is 5.26 Å². The van der Waals surface area contributed by atoms with Crippen molar-refractivity contribution in [1.82, 2.24) is 4.31 Å². The van der Waals surface area contributed by atoms with Crippen molar-refractivity contribution >= 4 is 62.1 Å². The molecular weight excluding hydrogens is 476 g/mol. The topological polar surface area (TPSA) is 64.4 Å². The largest absolute Gasteiger partial charge is 0.363 e. The molecule has 2 aromatic carbocycles. The minimum atomic E-state index is -3.30. The molecular formula is C19H17Cl4N3O2S. The van der Waals surface area contributed by atoms with Crippen molar-refractivity contribution in [3.8, 4) is 6.07 Å². The molecule has 1 aliphatic heterocycles. The van der Waals surface area contributed by atoms with Crippen molar-refractivity contribution in [1.29, 1.82) is 5.26 Å². The van der Waals surface area contributed by atoms with Gasteiger partial charge in [-0.05, 0) is 36.8 Å². The van der Waals surface area contributed by atoms with E-state index in [1.165, 1.54) is 10.6 Å². The molecule has 0 saturated carbocycles. The molecule has 5 nitrogen and oxygen atoms in total. The number of benzene rings is 2. The molecule has 0 spiro atoms. The molecule has 0 unspecified atom stereocenters. The summed E-state index contributed by atoms with van der Waals surface area (Å²) in [5.74, 6) is 0. The maximum atomic E-state index is 12.0. The fourth-order valence-corrected chi connectivity index (χ4v) is 5.40. The van der Waals surface area contributed by atoms with Crippen LogP contribution in [0.15, 0.2) is 30.3 Å². The molecule has 154 valence electrons. The van der Waals surface area contributed by atoms with E-state index in [-0.39, 0.29) is 6.04 Å². The van der Waals surface area contributed by atoms with E-state index in [1.807, 2.05) is 11.0 Å². The summed E-state index contributed by atoms with van der Waals surface area (Å²) >= 11 is 25.0. The van der Waals surface area contributed by atoms with Crippen LogP contribution in [-0.4, -0.2) is 38.1 Å². The van der Waals surface area contributed by atoms with E-state index in [4.69, 9.17) is 51.7 Å². The monoisotopic (exact) mass is 491 g/mol. The highest BCUT2D eigenvalue weighted by Gasteiger charge is 2.33. The first-order valence-electron chi connectivity index (χ1n) is 8.65. The second-order valence-corrected chi connectivity index (χ2v) is 10.5. The highest BCUT2D eigenvalue weighted by Crippen LogP contribution is 2.34. The van der Waals surface area contributed by atoms with Gasteiger partial charge in [0.15, 0.2) is 0 Å². The molecule has 1 aliphatic rings. The van der Waals surface area contributed by atoms with Crippen LogP contribution in [0.2, 0.25) is 20.1 Å². The van der Waals surface area contributed by atoms with Gasteiger partial charge in [0.1, 0.15) is 6.07 Å². The summed E-state index contributed by atoms with van der Waals surface area (Å²) in [6.45, 7) is 1.09. The minimum Gasteiger partial charge on any atom is -0.363 e. The van der Waals surface area contributed by atoms with E-state index in [0.717, 1.165) is 5.69 Å². The average molecular weight is 493 g/mol. The molecule has 0 radical (unpaired) electrons. The molecule has 1 atom stereocenters. The van der Waals surface area contributed by atoms with Crippen molar-refractivity contribution in [2.45, 2.75) is 19.0 Å². The van der Waals surface area contributed by atoms with Gasteiger partial charge in [0.25, 0.3) is 0 Å². The van der Waals surface area contributed by atoms with E-state index in [1.54, 1.807) is 30.3 Å². The van der Waals surface area contributed by atoms with Crippen molar-refractivity contribution < 1.29 is 8.42 Å². The van der Waals surface area contributed by atoms with E-state index in [2.05, 4.69) is 0 Å². The van der Waals surface area contributed by atoms with Crippen LogP contribution in [0.25, 0.3) is 0 Å². The molecule has 1 heterocycles. The molecule has 0 aliphatic carbocycles. The zero-order valence-corrected chi connectivity index (χ0v) is 19.2. The molecule has 0 amide bonds. The molecule has 1 saturated heterocycles. The van der Waals surface area contributed by atoms with Gasteiger partial charge in [0.05, 0.1) is 16.8 Å². The number of nitriles is 1. The standard InChI is InChI=1S/C19H17Cl4N3O2S/c1-29(27,28)25-5-4-15(10-25)26(14-3-2-12(9-24)17(21)8-14)11-16-18(22)6-13(20)7-19(16)23/h2-3,6-8,15H,4-5,10-11H2,1H3/t15-/m0/s1. The van der Waals surface area contributed by atoms with Crippen LogP contribution in [0.5, 0.6) is 0 Å². The van der Waals surface area contributed by atoms with Gasteiger partial charge in [0, 0.05) is 52.0 Å². The Kier molecular flexibility index (Phi) is 6.89. The Morgan fingerprint density at radius 3 is 2.31 bits per heavy atom. The number of sulfonamides is 1. The predicted octanol–water partition coefficient (Wildman–Crippen LogP) is 5.21. The number of nitrogens with zero attached hydrogens (tertiary/aromatic N) is 3. The number of hydrogen-bond acceptors (Lipinski definition) is 4. The Morgan fingerprint density at radius 2 is 1.79 bits per heavy atom. The SMILES string of the molecule is CS(=O)(=O)N1CC[C@H](N(Cc2c(Cl)cc(Cl)cc2Cl)c2ccc(C#N)c(Cl)c2)C1. The third kappa shape index (κ3) is 5.11. The highest BCUT2D eigenvalue weighted by atomic mass is 35.5. The summed E-state index contributed by atoms with van der Waals surface area (Å²) in [6.07, 6.45) is 1.83. The van der Waals surface area contributed by atoms with Crippen LogP contribution in [0, 0.1) is 11.3 Å². The van der Waals surface area contributed by atoms with Crippen LogP contribution in [0.3, 0.4) is 0 Å². The van der Waals surface area contributed by atoms with Gasteiger partial charge < -0.3 is 4.90 Å². The van der Waals surface area contributed by atoms with Gasteiger partial charge in [-0.1, -0.05) is 46.4 Å². The average Bonchev–Trinajstić information content (AvgIpc) is 3.11. The maximum absolute atomic E-state index is 12.0. The lowest BCUT2D eigenvalue weighted by Gasteiger charge is -2.32. The zero-order valence-electron chi connectivity index (χ0n) is 15.4. The number of hydrogen-bond donors (Lipinski definition) is 0. The Balaban J connectivity index is 2.01. The number of halogens is 4. The fraction of sp³-hybridized carbons (Fsp3) is 0.316. The molecule has 0 N–H and O–H groups in total. The van der Waals surface area contributed by atoms with Crippen LogP contribution in [-0.2, 0) is 16.6 Å². The summed E-state index contributed by atoms with van der Waals surface area (Å²) in [5.41, 5.74) is 1.79. The Bertz CT molecular complexity index is 1060. The second-order valence-electron chi connectivity index (χ2n) is 6.82. The lowest BCUT2D eigenvalue weighted by atomic mass is 10.1. The zero-order chi connectivity index (χ0) is 21.3. The first kappa shape index (κ1) is 22.5. The quantitative estimate of drug-likeness (QED) is 0.574. The van der Waals surface area contributed by atoms with E-state index in [0.29, 0.717) is 57.3 Å². The summed E-state index contributed by atoms with van der Waals surface area (Å²) < 4.78 is 25.4. The summed E-state index contributed by atoms with van der Waals surface area (Å²) in [5, 5.41) is 10.7. The normalized spacial score (nSPS) is 17.3. The van der Waals surface area contributed by atoms with Gasteiger partial charge in [-0.25, -0.2) is 12.7 Å². The predicted molar refractivity (Wildman–Crippen MR) is 119 cm³/mol. The van der Waals surface area contributed by atoms with E-state index < -0.39 is 10.0 Å². The van der Waals surface area contributed by atoms with Crippen LogP contribution in [0.4, 0.5) is 5.69 Å². The van der Waals surface area contributed by atoms with Crippen molar-refractivity contribution in [2.75, 3.05) is 24.2 Å². The summed E-state index contributed by atoms with van der Waals surface area (Å²) in [7, 11) is -3.30. The minimum absolute atomic E-state index is 0.114. The summed E-state index contributed by atoms with van der Waals surface area (Å²) in [4.78, 5) is 2.01. The molecule has 2 aromatic rings. The fourth-order valence-electron chi connectivity index (χ4n) is 3.36. The third-order valence-corrected chi connectivity index (χ3v) is 7.35. The van der Waals surface area contributed by atoms with E-state index in [9.17, 15) is 8.42 Å². The molecule has 3 rings (SSSR count). The molecule has 0 aromatic heterocycles. The Labute approximate surface area is 190 Å². The smallest absolute Gasteiger partial charge is 0.211 e. The molecule has 10 heteroatoms. The van der Waals surface area contributed by atoms with Gasteiger partial charge in [-0.15, -0.1) is 0 Å². The van der Waals surface area contributed by atoms with Gasteiger partial charge in [-0.3, -0.25) is 0 Å². The first-order chi connectivity index (χ1) is 13.6. The highest BCUT2D eigenvalue weighted by molar-refractivity contribution is 7.88. The van der Waals surface area contributed by atoms with Crippen molar-refractivity contribution in [3.05, 3.63) is 61.5 Å². The van der Waals surface area contributed by atoms with Crippen LogP contribution < -0.4 is 4.90 Å². The Hall–Kier alpha value is -1.20. The number of rotatable bonds is 5. The molecule has 0 bridgehead atoms. The maximum Gasteiger partial charge on any atom is 0.211 e.